The van der Waals surface area contributed by atoms with E-state index in [-0.39, 0.29) is 17.4 Å². The number of hydrogen-bond donors (Lipinski definition) is 2. The molecule has 0 fully saturated rings. The first-order chi connectivity index (χ1) is 13.4. The van der Waals surface area contributed by atoms with Gasteiger partial charge < -0.3 is 4.74 Å². The molecule has 9 heteroatoms. The molecule has 4 aromatic rings. The maximum Gasteiger partial charge on any atom is 0.264 e. The van der Waals surface area contributed by atoms with Crippen LogP contribution in [0.1, 0.15) is 0 Å². The number of sulfonamides is 1. The maximum atomic E-state index is 12.2. The van der Waals surface area contributed by atoms with E-state index in [0.29, 0.717) is 21.1 Å². The Balaban J connectivity index is 1.44. The lowest BCUT2D eigenvalue weighted by Crippen LogP contribution is -2.19. The van der Waals surface area contributed by atoms with Crippen LogP contribution in [0, 0.1) is 0 Å². The van der Waals surface area contributed by atoms with Crippen molar-refractivity contribution >= 4 is 53.4 Å². The van der Waals surface area contributed by atoms with Crippen molar-refractivity contribution in [1.29, 1.82) is 0 Å². The average molecular weight is 413 g/mol. The summed E-state index contributed by atoms with van der Waals surface area (Å²) >= 11 is 1.16. The number of amides is 1. The van der Waals surface area contributed by atoms with Gasteiger partial charge in [0.25, 0.3) is 5.91 Å². The summed E-state index contributed by atoms with van der Waals surface area (Å²) in [6.45, 7) is -0.170. The number of nitrogens with two attached hydrogens (primary N) is 1. The summed E-state index contributed by atoms with van der Waals surface area (Å²) in [6.07, 6.45) is 0. The summed E-state index contributed by atoms with van der Waals surface area (Å²) < 4.78 is 29.0. The van der Waals surface area contributed by atoms with E-state index in [9.17, 15) is 13.2 Å². The molecule has 0 spiro atoms. The van der Waals surface area contributed by atoms with Crippen LogP contribution in [0.4, 0.5) is 5.13 Å². The molecule has 0 aliphatic heterocycles. The molecule has 3 N–H and O–H groups in total. The van der Waals surface area contributed by atoms with Gasteiger partial charge in [0, 0.05) is 0 Å². The van der Waals surface area contributed by atoms with Crippen LogP contribution < -0.4 is 15.2 Å². The summed E-state index contributed by atoms with van der Waals surface area (Å²) in [5.41, 5.74) is 0.572. The fourth-order valence-corrected chi connectivity index (χ4v) is 4.23. The Labute approximate surface area is 164 Å². The van der Waals surface area contributed by atoms with Crippen molar-refractivity contribution in [3.63, 3.8) is 0 Å². The molecule has 0 radical (unpaired) electrons. The molecule has 1 aromatic heterocycles. The maximum absolute atomic E-state index is 12.2. The van der Waals surface area contributed by atoms with Crippen LogP contribution in [0.5, 0.6) is 5.75 Å². The Morgan fingerprint density at radius 3 is 2.64 bits per heavy atom. The van der Waals surface area contributed by atoms with Gasteiger partial charge in [-0.25, -0.2) is 18.5 Å². The summed E-state index contributed by atoms with van der Waals surface area (Å²) in [5.74, 6) is 0.231. The first kappa shape index (κ1) is 18.4. The van der Waals surface area contributed by atoms with Crippen LogP contribution in [0.15, 0.2) is 65.6 Å². The van der Waals surface area contributed by atoms with E-state index in [4.69, 9.17) is 9.88 Å². The fourth-order valence-electron chi connectivity index (χ4n) is 2.70. The van der Waals surface area contributed by atoms with E-state index in [1.54, 1.807) is 6.07 Å². The molecule has 0 atom stereocenters. The summed E-state index contributed by atoms with van der Waals surface area (Å²) in [4.78, 5) is 16.4. The smallest absolute Gasteiger partial charge is 0.264 e. The van der Waals surface area contributed by atoms with Crippen LogP contribution in [-0.4, -0.2) is 25.9 Å². The quantitative estimate of drug-likeness (QED) is 0.522. The Morgan fingerprint density at radius 1 is 1.07 bits per heavy atom. The van der Waals surface area contributed by atoms with Crippen molar-refractivity contribution < 1.29 is 17.9 Å². The van der Waals surface area contributed by atoms with Crippen molar-refractivity contribution in [2.24, 2.45) is 5.14 Å². The standard InChI is InChI=1S/C19H15N3O4S2/c20-28(24,25)15-7-8-16-17(10-15)27-19(21-16)22-18(23)11-26-14-6-5-12-3-1-2-4-13(12)9-14/h1-10H,11H2,(H2,20,24,25)(H,21,22,23). The number of rotatable bonds is 5. The minimum Gasteiger partial charge on any atom is -0.484 e. The molecule has 1 amide bonds. The predicted octanol–water partition coefficient (Wildman–Crippen LogP) is 3.11. The molecule has 28 heavy (non-hydrogen) atoms. The van der Waals surface area contributed by atoms with Gasteiger partial charge in [-0.15, -0.1) is 0 Å². The normalized spacial score (nSPS) is 11.6. The highest BCUT2D eigenvalue weighted by molar-refractivity contribution is 7.89. The third-order valence-corrected chi connectivity index (χ3v) is 5.87. The Bertz CT molecular complexity index is 1300. The van der Waals surface area contributed by atoms with Gasteiger partial charge in [-0.05, 0) is 41.1 Å². The molecule has 0 bridgehead atoms. The molecular weight excluding hydrogens is 398 g/mol. The zero-order chi connectivity index (χ0) is 19.7. The second kappa shape index (κ2) is 7.19. The molecule has 0 saturated heterocycles. The molecule has 0 aliphatic rings. The van der Waals surface area contributed by atoms with Crippen molar-refractivity contribution in [3.8, 4) is 5.75 Å². The zero-order valence-electron chi connectivity index (χ0n) is 14.5. The van der Waals surface area contributed by atoms with E-state index in [1.165, 1.54) is 12.1 Å². The molecule has 4 rings (SSSR count). The van der Waals surface area contributed by atoms with Crippen LogP contribution in [0.25, 0.3) is 21.0 Å². The van der Waals surface area contributed by atoms with Gasteiger partial charge in [-0.3, -0.25) is 10.1 Å². The van der Waals surface area contributed by atoms with Gasteiger partial charge in [-0.2, -0.15) is 0 Å². The summed E-state index contributed by atoms with van der Waals surface area (Å²) in [5, 5.41) is 10.3. The van der Waals surface area contributed by atoms with Crippen molar-refractivity contribution in [2.45, 2.75) is 4.90 Å². The van der Waals surface area contributed by atoms with Crippen molar-refractivity contribution in [2.75, 3.05) is 11.9 Å². The molecule has 0 saturated carbocycles. The molecule has 7 nitrogen and oxygen atoms in total. The summed E-state index contributed by atoms with van der Waals surface area (Å²) in [6, 6.07) is 17.8. The lowest BCUT2D eigenvalue weighted by molar-refractivity contribution is -0.118. The van der Waals surface area contributed by atoms with Gasteiger partial charge >= 0.3 is 0 Å². The first-order valence-electron chi connectivity index (χ1n) is 8.23. The molecule has 142 valence electrons. The third kappa shape index (κ3) is 3.96. The monoisotopic (exact) mass is 413 g/mol. The highest BCUT2D eigenvalue weighted by Crippen LogP contribution is 2.28. The minimum absolute atomic E-state index is 0.00108. The van der Waals surface area contributed by atoms with Crippen LogP contribution in [0.2, 0.25) is 0 Å². The molecule has 1 heterocycles. The highest BCUT2D eigenvalue weighted by Gasteiger charge is 2.13. The summed E-state index contributed by atoms with van der Waals surface area (Å²) in [7, 11) is -3.79. The molecule has 0 aliphatic carbocycles. The number of primary sulfonamides is 1. The largest absolute Gasteiger partial charge is 0.484 e. The number of carbonyl (C=O) groups is 1. The number of hydrogen-bond acceptors (Lipinski definition) is 6. The number of aromatic nitrogens is 1. The van der Waals surface area contributed by atoms with Crippen molar-refractivity contribution in [1.82, 2.24) is 4.98 Å². The van der Waals surface area contributed by atoms with E-state index in [2.05, 4.69) is 10.3 Å². The van der Waals surface area contributed by atoms with E-state index < -0.39 is 10.0 Å². The molecule has 3 aromatic carbocycles. The molecule has 0 unspecified atom stereocenters. The fraction of sp³-hybridized carbons (Fsp3) is 0.0526. The predicted molar refractivity (Wildman–Crippen MR) is 109 cm³/mol. The van der Waals surface area contributed by atoms with E-state index >= 15 is 0 Å². The average Bonchev–Trinajstić information content (AvgIpc) is 3.07. The number of ether oxygens (including phenoxy) is 1. The zero-order valence-corrected chi connectivity index (χ0v) is 16.1. The number of fused-ring (bicyclic) bond motifs is 2. The number of nitrogens with zero attached hydrogens (tertiary/aromatic N) is 1. The van der Waals surface area contributed by atoms with Crippen LogP contribution >= 0.6 is 11.3 Å². The Kier molecular flexibility index (Phi) is 4.71. The molecular formula is C19H15N3O4S2. The number of anilines is 1. The number of nitrogens with one attached hydrogen (secondary N) is 1. The second-order valence-corrected chi connectivity index (χ2v) is 8.63. The van der Waals surface area contributed by atoms with Gasteiger partial charge in [-0.1, -0.05) is 41.7 Å². The van der Waals surface area contributed by atoms with Gasteiger partial charge in [0.05, 0.1) is 15.1 Å². The highest BCUT2D eigenvalue weighted by atomic mass is 32.2. The van der Waals surface area contributed by atoms with Crippen molar-refractivity contribution in [3.05, 3.63) is 60.7 Å². The third-order valence-electron chi connectivity index (χ3n) is 4.03. The van der Waals surface area contributed by atoms with E-state index in [0.717, 1.165) is 22.1 Å². The number of benzene rings is 3. The van der Waals surface area contributed by atoms with Gasteiger partial charge in [0.2, 0.25) is 10.0 Å². The number of thiazole rings is 1. The van der Waals surface area contributed by atoms with Crippen LogP contribution in [-0.2, 0) is 14.8 Å². The Hall–Kier alpha value is -3.01. The SMILES string of the molecule is NS(=O)(=O)c1ccc2nc(NC(=O)COc3ccc4ccccc4c3)sc2c1. The lowest BCUT2D eigenvalue weighted by atomic mass is 10.1. The van der Waals surface area contributed by atoms with Crippen LogP contribution in [0.3, 0.4) is 0 Å². The van der Waals surface area contributed by atoms with Gasteiger partial charge in [0.15, 0.2) is 11.7 Å². The lowest BCUT2D eigenvalue weighted by Gasteiger charge is -2.07. The first-order valence-corrected chi connectivity index (χ1v) is 10.6. The minimum atomic E-state index is -3.79. The Morgan fingerprint density at radius 2 is 1.86 bits per heavy atom. The topological polar surface area (TPSA) is 111 Å². The van der Waals surface area contributed by atoms with Gasteiger partial charge in [0.1, 0.15) is 5.75 Å². The van der Waals surface area contributed by atoms with E-state index in [1.807, 2.05) is 42.5 Å². The second-order valence-electron chi connectivity index (χ2n) is 6.04. The number of carbonyl (C=O) groups excluding carboxylic acids is 1.